The lowest BCUT2D eigenvalue weighted by molar-refractivity contribution is -0.141. The van der Waals surface area contributed by atoms with E-state index in [4.69, 9.17) is 4.42 Å². The first kappa shape index (κ1) is 32.4. The molecule has 11 heteroatoms. The van der Waals surface area contributed by atoms with Crippen LogP contribution in [0.2, 0.25) is 0 Å². The van der Waals surface area contributed by atoms with E-state index in [2.05, 4.69) is 37.2 Å². The van der Waals surface area contributed by atoms with Crippen molar-refractivity contribution in [3.8, 4) is 0 Å². The lowest BCUT2D eigenvalue weighted by Crippen LogP contribution is -2.55. The molecule has 2 heterocycles. The highest BCUT2D eigenvalue weighted by Crippen LogP contribution is 2.29. The summed E-state index contributed by atoms with van der Waals surface area (Å²) < 4.78 is 6.52. The molecule has 1 aromatic heterocycles. The first-order valence-electron chi connectivity index (χ1n) is 15.7. The van der Waals surface area contributed by atoms with E-state index in [0.717, 1.165) is 49.5 Å². The van der Waals surface area contributed by atoms with Gasteiger partial charge in [0, 0.05) is 24.4 Å². The Labute approximate surface area is 270 Å². The molecule has 1 saturated carbocycles. The van der Waals surface area contributed by atoms with Gasteiger partial charge >= 0.3 is 0 Å². The fourth-order valence-corrected chi connectivity index (χ4v) is 6.69. The molecule has 1 aliphatic carbocycles. The van der Waals surface area contributed by atoms with Crippen molar-refractivity contribution in [3.05, 3.63) is 70.4 Å². The third kappa shape index (κ3) is 8.59. The number of ketones is 1. The maximum Gasteiger partial charge on any atom is 0.289 e. The topological polar surface area (TPSA) is 147 Å². The first-order chi connectivity index (χ1) is 21.8. The normalized spacial score (nSPS) is 18.4. The molecule has 0 spiro atoms. The lowest BCUT2D eigenvalue weighted by Gasteiger charge is -2.29. The number of fused-ring (bicyclic) bond motifs is 1. The van der Waals surface area contributed by atoms with Gasteiger partial charge in [-0.15, -0.1) is 0 Å². The molecule has 0 bridgehead atoms. The molecule has 0 radical (unpaired) electrons. The predicted molar refractivity (Wildman–Crippen MR) is 172 cm³/mol. The predicted octanol–water partition coefficient (Wildman–Crippen LogP) is 4.55. The first-order valence-corrected chi connectivity index (χ1v) is 16.5. The van der Waals surface area contributed by atoms with E-state index in [0.29, 0.717) is 29.4 Å². The van der Waals surface area contributed by atoms with Crippen molar-refractivity contribution < 1.29 is 28.4 Å². The Morgan fingerprint density at radius 3 is 2.40 bits per heavy atom. The van der Waals surface area contributed by atoms with E-state index in [9.17, 15) is 24.0 Å². The standard InChI is InChI=1S/C34H39BrN4O6/c35-25-15-7-13-23-19-28(45-30(23)25)33(43)39-27(17-21-9-3-1-4-10-21)32(42)38-26(18-24-14-8-16-36-31(24)41)29(40)34(44)37-20-22-11-5-2-6-12-22/h2,5-7,11-13,15,19,21,24,26-27H,1,3-4,8-10,14,16-18,20H2,(H,36,41)(H,37,44)(H,38,42)(H,39,43)/t24-,26-,27-/m0/s1. The molecular formula is C34H39BrN4O6. The van der Waals surface area contributed by atoms with Crippen LogP contribution in [0.1, 0.15) is 73.9 Å². The Morgan fingerprint density at radius 1 is 0.889 bits per heavy atom. The minimum Gasteiger partial charge on any atom is -0.450 e. The number of nitrogens with one attached hydrogen (secondary N) is 4. The zero-order chi connectivity index (χ0) is 31.8. The third-order valence-corrected chi connectivity index (χ3v) is 9.33. The summed E-state index contributed by atoms with van der Waals surface area (Å²) in [5.41, 5.74) is 1.34. The second-order valence-electron chi connectivity index (χ2n) is 12.0. The molecule has 0 unspecified atom stereocenters. The maximum absolute atomic E-state index is 13.9. The number of rotatable bonds is 12. The van der Waals surface area contributed by atoms with E-state index >= 15 is 0 Å². The quantitative estimate of drug-likeness (QED) is 0.207. The smallest absolute Gasteiger partial charge is 0.289 e. The molecule has 4 N–H and O–H groups in total. The Hall–Kier alpha value is -3.99. The maximum atomic E-state index is 13.9. The van der Waals surface area contributed by atoms with Gasteiger partial charge in [0.2, 0.25) is 17.6 Å². The molecule has 2 fully saturated rings. The van der Waals surface area contributed by atoms with Gasteiger partial charge in [-0.2, -0.15) is 0 Å². The second-order valence-corrected chi connectivity index (χ2v) is 12.8. The summed E-state index contributed by atoms with van der Waals surface area (Å²) in [6.07, 6.45) is 6.73. The number of hydrogen-bond acceptors (Lipinski definition) is 6. The molecule has 10 nitrogen and oxygen atoms in total. The molecule has 238 valence electrons. The summed E-state index contributed by atoms with van der Waals surface area (Å²) in [5, 5.41) is 11.8. The van der Waals surface area contributed by atoms with Crippen LogP contribution in [0.5, 0.6) is 0 Å². The molecular weight excluding hydrogens is 640 g/mol. The van der Waals surface area contributed by atoms with E-state index in [1.54, 1.807) is 6.07 Å². The fourth-order valence-electron chi connectivity index (χ4n) is 6.23. The van der Waals surface area contributed by atoms with Crippen LogP contribution >= 0.6 is 15.9 Å². The number of amides is 4. The van der Waals surface area contributed by atoms with Crippen LogP contribution in [0.25, 0.3) is 11.0 Å². The third-order valence-electron chi connectivity index (χ3n) is 8.71. The van der Waals surface area contributed by atoms with Crippen molar-refractivity contribution >= 4 is 56.3 Å². The minimum absolute atomic E-state index is 0.0170. The lowest BCUT2D eigenvalue weighted by atomic mass is 9.84. The van der Waals surface area contributed by atoms with Crippen LogP contribution in [-0.4, -0.2) is 48.0 Å². The number of carbonyl (C=O) groups is 5. The molecule has 2 aliphatic rings. The van der Waals surface area contributed by atoms with Crippen molar-refractivity contribution in [2.45, 2.75) is 76.4 Å². The number of halogens is 1. The van der Waals surface area contributed by atoms with Crippen LogP contribution in [0.4, 0.5) is 0 Å². The average molecular weight is 680 g/mol. The number of benzene rings is 2. The summed E-state index contributed by atoms with van der Waals surface area (Å²) in [7, 11) is 0. The zero-order valence-electron chi connectivity index (χ0n) is 25.1. The molecule has 1 saturated heterocycles. The van der Waals surface area contributed by atoms with E-state index in [-0.39, 0.29) is 30.6 Å². The monoisotopic (exact) mass is 678 g/mol. The molecule has 4 amide bonds. The summed E-state index contributed by atoms with van der Waals surface area (Å²) in [4.78, 5) is 66.4. The summed E-state index contributed by atoms with van der Waals surface area (Å²) in [5.74, 6) is -3.27. The second kappa shape index (κ2) is 15.3. The van der Waals surface area contributed by atoms with Gasteiger partial charge in [0.05, 0.1) is 10.5 Å². The van der Waals surface area contributed by atoms with Gasteiger partial charge in [-0.1, -0.05) is 74.6 Å². The van der Waals surface area contributed by atoms with Gasteiger partial charge in [0.15, 0.2) is 5.76 Å². The van der Waals surface area contributed by atoms with E-state index < -0.39 is 41.5 Å². The van der Waals surface area contributed by atoms with Crippen molar-refractivity contribution in [2.75, 3.05) is 6.54 Å². The highest BCUT2D eigenvalue weighted by atomic mass is 79.9. The Morgan fingerprint density at radius 2 is 1.67 bits per heavy atom. The number of piperidine rings is 1. The van der Waals surface area contributed by atoms with E-state index in [1.165, 1.54) is 0 Å². The Bertz CT molecular complexity index is 1530. The minimum atomic E-state index is -1.24. The molecule has 5 rings (SSSR count). The van der Waals surface area contributed by atoms with Crippen molar-refractivity contribution in [1.29, 1.82) is 0 Å². The van der Waals surface area contributed by atoms with Crippen LogP contribution in [0.3, 0.4) is 0 Å². The van der Waals surface area contributed by atoms with Crippen molar-refractivity contribution in [1.82, 2.24) is 21.3 Å². The Balaban J connectivity index is 1.34. The van der Waals surface area contributed by atoms with Gasteiger partial charge in [0.1, 0.15) is 11.6 Å². The zero-order valence-corrected chi connectivity index (χ0v) is 26.7. The summed E-state index contributed by atoms with van der Waals surface area (Å²) in [6.45, 7) is 0.690. The number of para-hydroxylation sites is 1. The number of furan rings is 1. The van der Waals surface area contributed by atoms with E-state index in [1.807, 2.05) is 48.5 Å². The molecule has 1 aliphatic heterocycles. The van der Waals surface area contributed by atoms with Gasteiger partial charge in [-0.25, -0.2) is 0 Å². The van der Waals surface area contributed by atoms with Gasteiger partial charge < -0.3 is 25.7 Å². The summed E-state index contributed by atoms with van der Waals surface area (Å²) >= 11 is 3.44. The SMILES string of the molecule is O=C(NCc1ccccc1)C(=O)[C@H](C[C@@H]1CCCNC1=O)NC(=O)[C@H](CC1CCCCC1)NC(=O)c1cc2cccc(Br)c2o1. The van der Waals surface area contributed by atoms with Gasteiger partial charge in [0.25, 0.3) is 11.8 Å². The highest BCUT2D eigenvalue weighted by Gasteiger charge is 2.36. The number of carbonyl (C=O) groups excluding carboxylic acids is 5. The van der Waals surface area contributed by atoms with Crippen LogP contribution in [0, 0.1) is 11.8 Å². The Kier molecular flexibility index (Phi) is 11.0. The average Bonchev–Trinajstić information content (AvgIpc) is 3.51. The number of Topliss-reactive ketones (excluding diaryl/α,β-unsaturated/α-hetero) is 1. The fraction of sp³-hybridized carbons (Fsp3) is 0.441. The van der Waals surface area contributed by atoms with Crippen molar-refractivity contribution in [3.63, 3.8) is 0 Å². The van der Waals surface area contributed by atoms with Crippen molar-refractivity contribution in [2.24, 2.45) is 11.8 Å². The number of hydrogen-bond donors (Lipinski definition) is 4. The largest absolute Gasteiger partial charge is 0.450 e. The van der Waals surface area contributed by atoms with Crippen LogP contribution in [-0.2, 0) is 25.7 Å². The van der Waals surface area contributed by atoms with Gasteiger partial charge in [-0.05, 0) is 65.2 Å². The van der Waals surface area contributed by atoms with Gasteiger partial charge in [-0.3, -0.25) is 24.0 Å². The summed E-state index contributed by atoms with van der Waals surface area (Å²) in [6, 6.07) is 14.1. The highest BCUT2D eigenvalue weighted by molar-refractivity contribution is 9.10. The molecule has 3 atom stereocenters. The molecule has 3 aromatic rings. The molecule has 45 heavy (non-hydrogen) atoms. The molecule has 2 aromatic carbocycles. The van der Waals surface area contributed by atoms with Crippen LogP contribution < -0.4 is 21.3 Å². The van der Waals surface area contributed by atoms with Crippen LogP contribution in [0.15, 0.2) is 63.5 Å².